The average molecular weight is 283 g/mol. The maximum atomic E-state index is 11.4. The Hall–Kier alpha value is -1.66. The second-order valence-electron chi connectivity index (χ2n) is 3.67. The van der Waals surface area contributed by atoms with Gasteiger partial charge >= 0.3 is 0 Å². The van der Waals surface area contributed by atoms with Gasteiger partial charge in [0.05, 0.1) is 10.6 Å². The number of imidazole rings is 1. The Morgan fingerprint density at radius 1 is 1.50 bits per heavy atom. The number of nitrogens with zero attached hydrogens (tertiary/aromatic N) is 2. The highest BCUT2D eigenvalue weighted by molar-refractivity contribution is 7.99. The molecular weight excluding hydrogens is 272 g/mol. The smallest absolute Gasteiger partial charge is 0.249 e. The Morgan fingerprint density at radius 3 is 2.78 bits per heavy atom. The van der Waals surface area contributed by atoms with Gasteiger partial charge in [0.2, 0.25) is 5.91 Å². The molecule has 94 valence electrons. The minimum atomic E-state index is -0.569. The lowest BCUT2D eigenvalue weighted by atomic mass is 10.2. The Kier molecular flexibility index (Phi) is 3.49. The van der Waals surface area contributed by atoms with Crippen molar-refractivity contribution in [3.05, 3.63) is 35.1 Å². The second kappa shape index (κ2) is 4.91. The fourth-order valence-corrected chi connectivity index (χ4v) is 2.71. The Labute approximate surface area is 113 Å². The highest BCUT2D eigenvalue weighted by Gasteiger charge is 2.16. The summed E-state index contributed by atoms with van der Waals surface area (Å²) in [5, 5.41) is 1.10. The van der Waals surface area contributed by atoms with Crippen LogP contribution >= 0.6 is 23.4 Å². The van der Waals surface area contributed by atoms with Crippen molar-refractivity contribution in [2.24, 2.45) is 12.8 Å². The van der Waals surface area contributed by atoms with Crippen LogP contribution in [0, 0.1) is 0 Å². The topological polar surface area (TPSA) is 86.9 Å². The Morgan fingerprint density at radius 2 is 2.22 bits per heavy atom. The molecule has 18 heavy (non-hydrogen) atoms. The van der Waals surface area contributed by atoms with Crippen LogP contribution in [0.15, 0.2) is 34.6 Å². The molecule has 7 heteroatoms. The third kappa shape index (κ3) is 2.44. The summed E-state index contributed by atoms with van der Waals surface area (Å²) < 4.78 is 1.82. The zero-order valence-corrected chi connectivity index (χ0v) is 11.1. The molecule has 0 spiro atoms. The van der Waals surface area contributed by atoms with Crippen LogP contribution in [0.2, 0.25) is 5.02 Å². The van der Waals surface area contributed by atoms with E-state index in [0.29, 0.717) is 26.3 Å². The van der Waals surface area contributed by atoms with Crippen LogP contribution < -0.4 is 11.5 Å². The number of halogens is 1. The van der Waals surface area contributed by atoms with E-state index in [4.69, 9.17) is 23.1 Å². The van der Waals surface area contributed by atoms with Crippen molar-refractivity contribution >= 4 is 35.0 Å². The molecule has 2 aromatic rings. The molecule has 1 amide bonds. The minimum absolute atomic E-state index is 0.299. The molecule has 4 N–H and O–H groups in total. The van der Waals surface area contributed by atoms with E-state index >= 15 is 0 Å². The van der Waals surface area contributed by atoms with Crippen molar-refractivity contribution in [3.63, 3.8) is 0 Å². The molecule has 0 aliphatic rings. The predicted octanol–water partition coefficient (Wildman–Crippen LogP) is 1.91. The van der Waals surface area contributed by atoms with Crippen LogP contribution in [-0.2, 0) is 7.05 Å². The molecule has 1 heterocycles. The van der Waals surface area contributed by atoms with E-state index in [1.807, 2.05) is 11.6 Å². The second-order valence-corrected chi connectivity index (χ2v) is 5.05. The summed E-state index contributed by atoms with van der Waals surface area (Å²) in [5.41, 5.74) is 11.7. The number of primary amides is 1. The van der Waals surface area contributed by atoms with Crippen LogP contribution in [0.5, 0.6) is 0 Å². The number of rotatable bonds is 3. The lowest BCUT2D eigenvalue weighted by Gasteiger charge is -2.09. The van der Waals surface area contributed by atoms with Gasteiger partial charge in [0.15, 0.2) is 5.16 Å². The zero-order chi connectivity index (χ0) is 13.3. The fraction of sp³-hybridized carbons (Fsp3) is 0.0909. The Bertz CT molecular complexity index is 611. The van der Waals surface area contributed by atoms with E-state index in [9.17, 15) is 4.79 Å². The summed E-state index contributed by atoms with van der Waals surface area (Å²) in [6.07, 6.45) is 3.47. The SMILES string of the molecule is Cn1ccnc1Sc1c(Cl)cc(N)cc1C(N)=O. The fourth-order valence-electron chi connectivity index (χ4n) is 1.44. The van der Waals surface area contributed by atoms with Gasteiger partial charge in [-0.25, -0.2) is 4.98 Å². The summed E-state index contributed by atoms with van der Waals surface area (Å²) in [7, 11) is 1.85. The van der Waals surface area contributed by atoms with Gasteiger partial charge in [0, 0.05) is 30.0 Å². The lowest BCUT2D eigenvalue weighted by Crippen LogP contribution is -2.13. The average Bonchev–Trinajstić information content (AvgIpc) is 2.67. The highest BCUT2D eigenvalue weighted by atomic mass is 35.5. The molecule has 0 unspecified atom stereocenters. The Balaban J connectivity index is 2.50. The monoisotopic (exact) mass is 282 g/mol. The highest BCUT2D eigenvalue weighted by Crippen LogP contribution is 2.36. The van der Waals surface area contributed by atoms with Gasteiger partial charge in [-0.2, -0.15) is 0 Å². The standard InChI is InChI=1S/C11H11ClN4OS/c1-16-3-2-15-11(16)18-9-7(10(14)17)4-6(13)5-8(9)12/h2-5H,13H2,1H3,(H2,14,17). The van der Waals surface area contributed by atoms with Gasteiger partial charge in [0.25, 0.3) is 0 Å². The third-order valence-corrected chi connectivity index (χ3v) is 3.93. The van der Waals surface area contributed by atoms with Gasteiger partial charge in [-0.15, -0.1) is 0 Å². The first-order valence-corrected chi connectivity index (χ1v) is 6.22. The number of nitrogens with two attached hydrogens (primary N) is 2. The summed E-state index contributed by atoms with van der Waals surface area (Å²) in [6, 6.07) is 3.10. The summed E-state index contributed by atoms with van der Waals surface area (Å²) >= 11 is 7.38. The number of benzene rings is 1. The van der Waals surface area contributed by atoms with Crippen molar-refractivity contribution in [2.75, 3.05) is 5.73 Å². The van der Waals surface area contributed by atoms with Crippen LogP contribution in [0.25, 0.3) is 0 Å². The van der Waals surface area contributed by atoms with Gasteiger partial charge in [-0.05, 0) is 23.9 Å². The van der Waals surface area contributed by atoms with E-state index < -0.39 is 5.91 Å². The lowest BCUT2D eigenvalue weighted by molar-refractivity contribution is 0.0997. The zero-order valence-electron chi connectivity index (χ0n) is 9.55. The molecule has 0 aliphatic carbocycles. The first-order valence-electron chi connectivity index (χ1n) is 5.03. The minimum Gasteiger partial charge on any atom is -0.399 e. The largest absolute Gasteiger partial charge is 0.399 e. The van der Waals surface area contributed by atoms with Gasteiger partial charge in [-0.3, -0.25) is 4.79 Å². The van der Waals surface area contributed by atoms with Gasteiger partial charge in [-0.1, -0.05) is 11.6 Å². The van der Waals surface area contributed by atoms with Gasteiger partial charge < -0.3 is 16.0 Å². The predicted molar refractivity (Wildman–Crippen MR) is 71.7 cm³/mol. The maximum absolute atomic E-state index is 11.4. The first kappa shape index (κ1) is 12.8. The van der Waals surface area contributed by atoms with E-state index in [2.05, 4.69) is 4.98 Å². The van der Waals surface area contributed by atoms with E-state index in [0.717, 1.165) is 0 Å². The molecule has 1 aromatic heterocycles. The van der Waals surface area contributed by atoms with Crippen LogP contribution in [0.3, 0.4) is 0 Å². The van der Waals surface area contributed by atoms with Crippen molar-refractivity contribution in [2.45, 2.75) is 10.1 Å². The molecule has 0 fully saturated rings. The number of aryl methyl sites for hydroxylation is 1. The van der Waals surface area contributed by atoms with E-state index in [1.54, 1.807) is 18.5 Å². The van der Waals surface area contributed by atoms with Crippen LogP contribution in [0.4, 0.5) is 5.69 Å². The molecule has 5 nitrogen and oxygen atoms in total. The number of hydrogen-bond acceptors (Lipinski definition) is 4. The van der Waals surface area contributed by atoms with E-state index in [1.165, 1.54) is 17.8 Å². The number of aromatic nitrogens is 2. The molecule has 0 atom stereocenters. The normalized spacial score (nSPS) is 10.6. The molecule has 0 saturated carbocycles. The summed E-state index contributed by atoms with van der Waals surface area (Å²) in [5.74, 6) is -0.569. The number of carbonyl (C=O) groups excluding carboxylic acids is 1. The van der Waals surface area contributed by atoms with Crippen molar-refractivity contribution in [1.82, 2.24) is 9.55 Å². The van der Waals surface area contributed by atoms with Crippen LogP contribution in [-0.4, -0.2) is 15.5 Å². The molecule has 0 aliphatic heterocycles. The molecule has 0 bridgehead atoms. The summed E-state index contributed by atoms with van der Waals surface area (Å²) in [4.78, 5) is 16.1. The number of anilines is 1. The maximum Gasteiger partial charge on any atom is 0.249 e. The van der Waals surface area contributed by atoms with Crippen molar-refractivity contribution < 1.29 is 4.79 Å². The molecule has 0 radical (unpaired) electrons. The molecule has 2 rings (SSSR count). The summed E-state index contributed by atoms with van der Waals surface area (Å²) in [6.45, 7) is 0. The van der Waals surface area contributed by atoms with E-state index in [-0.39, 0.29) is 0 Å². The number of carbonyl (C=O) groups is 1. The molecular formula is C11H11ClN4OS. The van der Waals surface area contributed by atoms with Crippen LogP contribution in [0.1, 0.15) is 10.4 Å². The number of nitrogen functional groups attached to an aromatic ring is 1. The van der Waals surface area contributed by atoms with Crippen molar-refractivity contribution in [3.8, 4) is 0 Å². The van der Waals surface area contributed by atoms with Gasteiger partial charge in [0.1, 0.15) is 0 Å². The number of hydrogen-bond donors (Lipinski definition) is 2. The van der Waals surface area contributed by atoms with Crippen molar-refractivity contribution in [1.29, 1.82) is 0 Å². The molecule has 1 aromatic carbocycles. The first-order chi connectivity index (χ1) is 8.49. The third-order valence-electron chi connectivity index (χ3n) is 2.30. The quantitative estimate of drug-likeness (QED) is 0.842. The number of amides is 1. The molecule has 0 saturated heterocycles.